The van der Waals surface area contributed by atoms with E-state index in [0.29, 0.717) is 12.5 Å². The number of carbonyl (C=O) groups excluding carboxylic acids is 2. The van der Waals surface area contributed by atoms with Crippen molar-refractivity contribution in [1.29, 1.82) is 0 Å². The van der Waals surface area contributed by atoms with Gasteiger partial charge in [0.05, 0.1) is 6.04 Å². The molecule has 0 saturated carbocycles. The molecule has 0 unspecified atom stereocenters. The van der Waals surface area contributed by atoms with Crippen LogP contribution in [0.2, 0.25) is 0 Å². The van der Waals surface area contributed by atoms with Gasteiger partial charge in [-0.05, 0) is 51.6 Å². The molecule has 25 heavy (non-hydrogen) atoms. The minimum absolute atomic E-state index is 0.00496. The largest absolute Gasteiger partial charge is 0.331 e. The average Bonchev–Trinajstić information content (AvgIpc) is 2.62. The van der Waals surface area contributed by atoms with E-state index in [-0.39, 0.29) is 18.0 Å². The van der Waals surface area contributed by atoms with Crippen molar-refractivity contribution in [2.75, 3.05) is 32.5 Å². The fourth-order valence-electron chi connectivity index (χ4n) is 3.03. The average molecular weight is 346 g/mol. The quantitative estimate of drug-likeness (QED) is 0.862. The molecule has 1 fully saturated rings. The molecule has 6 heteroatoms. The highest BCUT2D eigenvalue weighted by Crippen LogP contribution is 2.18. The molecule has 0 bridgehead atoms. The SMILES string of the molecule is CCC(=O)Nc1ccc([C@@H](C)NC(=O)N2CCC[C@H](N(C)C)C2)cc1. The normalized spacial score (nSPS) is 18.8. The smallest absolute Gasteiger partial charge is 0.317 e. The standard InChI is InChI=1S/C19H30N4O2/c1-5-18(24)21-16-10-8-15(9-11-16)14(2)20-19(25)23-12-6-7-17(13-23)22(3)4/h8-11,14,17H,5-7,12-13H2,1-4H3,(H,20,25)(H,21,24)/t14-,17+/m1/s1. The predicted molar refractivity (Wildman–Crippen MR) is 101 cm³/mol. The molecule has 1 aromatic carbocycles. The maximum Gasteiger partial charge on any atom is 0.317 e. The lowest BCUT2D eigenvalue weighted by atomic mass is 10.1. The second-order valence-corrected chi connectivity index (χ2v) is 6.90. The molecule has 0 radical (unpaired) electrons. The van der Waals surface area contributed by atoms with Crippen LogP contribution in [0, 0.1) is 0 Å². The van der Waals surface area contributed by atoms with E-state index in [4.69, 9.17) is 0 Å². The molecule has 3 amide bonds. The molecule has 1 saturated heterocycles. The van der Waals surface area contributed by atoms with Gasteiger partial charge in [0.25, 0.3) is 0 Å². The number of anilines is 1. The zero-order chi connectivity index (χ0) is 18.4. The number of piperidine rings is 1. The Bertz CT molecular complexity index is 586. The van der Waals surface area contributed by atoms with Gasteiger partial charge in [-0.25, -0.2) is 4.79 Å². The minimum atomic E-state index is -0.0804. The Morgan fingerprint density at radius 3 is 2.56 bits per heavy atom. The molecular weight excluding hydrogens is 316 g/mol. The number of likely N-dealkylation sites (tertiary alicyclic amines) is 1. The van der Waals surface area contributed by atoms with E-state index in [1.165, 1.54) is 0 Å². The van der Waals surface area contributed by atoms with E-state index in [0.717, 1.165) is 37.2 Å². The minimum Gasteiger partial charge on any atom is -0.331 e. The summed E-state index contributed by atoms with van der Waals surface area (Å²) in [5.41, 5.74) is 1.79. The predicted octanol–water partition coefficient (Wildman–Crippen LogP) is 2.83. The van der Waals surface area contributed by atoms with Crippen molar-refractivity contribution in [3.8, 4) is 0 Å². The molecule has 2 rings (SSSR count). The van der Waals surface area contributed by atoms with Gasteiger partial charge in [-0.2, -0.15) is 0 Å². The summed E-state index contributed by atoms with van der Waals surface area (Å²) in [6, 6.07) is 7.95. The molecule has 1 aliphatic rings. The molecule has 2 N–H and O–H groups in total. The van der Waals surface area contributed by atoms with Crippen molar-refractivity contribution in [1.82, 2.24) is 15.1 Å². The summed E-state index contributed by atoms with van der Waals surface area (Å²) in [4.78, 5) is 28.0. The summed E-state index contributed by atoms with van der Waals surface area (Å²) in [6.07, 6.45) is 2.63. The highest BCUT2D eigenvalue weighted by molar-refractivity contribution is 5.90. The van der Waals surface area contributed by atoms with Gasteiger partial charge < -0.3 is 20.4 Å². The van der Waals surface area contributed by atoms with E-state index >= 15 is 0 Å². The lowest BCUT2D eigenvalue weighted by Crippen LogP contribution is -2.51. The molecule has 138 valence electrons. The first-order valence-electron chi connectivity index (χ1n) is 9.02. The number of urea groups is 1. The van der Waals surface area contributed by atoms with Crippen LogP contribution in [0.1, 0.15) is 44.7 Å². The van der Waals surface area contributed by atoms with E-state index in [2.05, 4.69) is 29.6 Å². The Morgan fingerprint density at radius 1 is 1.28 bits per heavy atom. The Balaban J connectivity index is 1.91. The van der Waals surface area contributed by atoms with Crippen LogP contribution in [-0.4, -0.2) is 55.0 Å². The molecule has 6 nitrogen and oxygen atoms in total. The van der Waals surface area contributed by atoms with Crippen molar-refractivity contribution in [2.45, 2.75) is 45.2 Å². The van der Waals surface area contributed by atoms with E-state index in [1.807, 2.05) is 43.0 Å². The molecular formula is C19H30N4O2. The fourth-order valence-corrected chi connectivity index (χ4v) is 3.03. The molecule has 0 aromatic heterocycles. The van der Waals surface area contributed by atoms with Crippen LogP contribution in [0.5, 0.6) is 0 Å². The molecule has 1 aromatic rings. The topological polar surface area (TPSA) is 64.7 Å². The van der Waals surface area contributed by atoms with Crippen LogP contribution in [0.4, 0.5) is 10.5 Å². The zero-order valence-electron chi connectivity index (χ0n) is 15.7. The first-order chi connectivity index (χ1) is 11.9. The van der Waals surface area contributed by atoms with Crippen molar-refractivity contribution < 1.29 is 9.59 Å². The Hall–Kier alpha value is -2.08. The highest BCUT2D eigenvalue weighted by Gasteiger charge is 2.25. The summed E-state index contributed by atoms with van der Waals surface area (Å²) in [5, 5.41) is 5.90. The number of rotatable bonds is 5. The number of amides is 3. The third kappa shape index (κ3) is 5.46. The summed E-state index contributed by atoms with van der Waals surface area (Å²) in [7, 11) is 4.13. The third-order valence-electron chi connectivity index (χ3n) is 4.77. The number of benzene rings is 1. The molecule has 0 aliphatic carbocycles. The van der Waals surface area contributed by atoms with Crippen LogP contribution < -0.4 is 10.6 Å². The van der Waals surface area contributed by atoms with E-state index in [1.54, 1.807) is 0 Å². The molecule has 1 heterocycles. The second-order valence-electron chi connectivity index (χ2n) is 6.90. The van der Waals surface area contributed by atoms with Crippen LogP contribution >= 0.6 is 0 Å². The first kappa shape index (κ1) is 19.2. The van der Waals surface area contributed by atoms with Crippen LogP contribution in [0.3, 0.4) is 0 Å². The van der Waals surface area contributed by atoms with Gasteiger partial charge in [0, 0.05) is 31.2 Å². The number of nitrogens with zero attached hydrogens (tertiary/aromatic N) is 2. The Morgan fingerprint density at radius 2 is 1.96 bits per heavy atom. The van der Waals surface area contributed by atoms with Crippen LogP contribution in [0.15, 0.2) is 24.3 Å². The van der Waals surface area contributed by atoms with Gasteiger partial charge in [0.2, 0.25) is 5.91 Å². The number of nitrogens with one attached hydrogen (secondary N) is 2. The molecule has 2 atom stereocenters. The molecule has 0 spiro atoms. The number of carbonyl (C=O) groups is 2. The second kappa shape index (κ2) is 8.85. The summed E-state index contributed by atoms with van der Waals surface area (Å²) >= 11 is 0. The number of hydrogen-bond donors (Lipinski definition) is 2. The maximum absolute atomic E-state index is 12.5. The maximum atomic E-state index is 12.5. The fraction of sp³-hybridized carbons (Fsp3) is 0.579. The van der Waals surface area contributed by atoms with Crippen molar-refractivity contribution in [2.24, 2.45) is 0 Å². The van der Waals surface area contributed by atoms with Crippen LogP contribution in [-0.2, 0) is 4.79 Å². The third-order valence-corrected chi connectivity index (χ3v) is 4.77. The monoisotopic (exact) mass is 346 g/mol. The van der Waals surface area contributed by atoms with Gasteiger partial charge in [-0.1, -0.05) is 19.1 Å². The van der Waals surface area contributed by atoms with Gasteiger partial charge in [-0.3, -0.25) is 4.79 Å². The zero-order valence-corrected chi connectivity index (χ0v) is 15.7. The van der Waals surface area contributed by atoms with Crippen molar-refractivity contribution in [3.05, 3.63) is 29.8 Å². The summed E-state index contributed by atoms with van der Waals surface area (Å²) in [5.74, 6) is -0.00496. The summed E-state index contributed by atoms with van der Waals surface area (Å²) < 4.78 is 0. The van der Waals surface area contributed by atoms with Gasteiger partial charge in [0.1, 0.15) is 0 Å². The molecule has 1 aliphatic heterocycles. The van der Waals surface area contributed by atoms with Gasteiger partial charge in [-0.15, -0.1) is 0 Å². The Labute approximate surface area is 150 Å². The van der Waals surface area contributed by atoms with Crippen molar-refractivity contribution >= 4 is 17.6 Å². The summed E-state index contributed by atoms with van der Waals surface area (Å²) in [6.45, 7) is 5.38. The van der Waals surface area contributed by atoms with Crippen molar-refractivity contribution in [3.63, 3.8) is 0 Å². The number of likely N-dealkylation sites (N-methyl/N-ethyl adjacent to an activating group) is 1. The van der Waals surface area contributed by atoms with E-state index in [9.17, 15) is 9.59 Å². The van der Waals surface area contributed by atoms with Gasteiger partial charge >= 0.3 is 6.03 Å². The Kier molecular flexibility index (Phi) is 6.82. The number of hydrogen-bond acceptors (Lipinski definition) is 3. The highest BCUT2D eigenvalue weighted by atomic mass is 16.2. The lowest BCUT2D eigenvalue weighted by Gasteiger charge is -2.36. The van der Waals surface area contributed by atoms with E-state index < -0.39 is 0 Å². The lowest BCUT2D eigenvalue weighted by molar-refractivity contribution is -0.115. The first-order valence-corrected chi connectivity index (χ1v) is 9.02. The van der Waals surface area contributed by atoms with Crippen LogP contribution in [0.25, 0.3) is 0 Å². The van der Waals surface area contributed by atoms with Gasteiger partial charge in [0.15, 0.2) is 0 Å².